The predicted octanol–water partition coefficient (Wildman–Crippen LogP) is 4.06. The lowest BCUT2D eigenvalue weighted by atomic mass is 10.0. The molecule has 90 valence electrons. The fraction of sp³-hybridized carbons (Fsp3) is 0.167. The molecule has 0 amide bonds. The van der Waals surface area contributed by atoms with Gasteiger partial charge in [0.05, 0.1) is 6.10 Å². The number of halogens is 3. The van der Waals surface area contributed by atoms with Gasteiger partial charge in [0, 0.05) is 21.8 Å². The highest BCUT2D eigenvalue weighted by atomic mass is 79.9. The third-order valence-electron chi connectivity index (χ3n) is 2.45. The summed E-state index contributed by atoms with van der Waals surface area (Å²) in [7, 11) is 0. The number of aliphatic hydroxyl groups is 1. The molecule has 1 aromatic carbocycles. The van der Waals surface area contributed by atoms with Crippen LogP contribution in [0.3, 0.4) is 0 Å². The third-order valence-corrected chi connectivity index (χ3v) is 4.20. The summed E-state index contributed by atoms with van der Waals surface area (Å²) in [5.41, 5.74) is 0.870. The van der Waals surface area contributed by atoms with Crippen LogP contribution >= 0.6 is 27.3 Å². The van der Waals surface area contributed by atoms with Crippen LogP contribution in [-0.2, 0) is 6.42 Å². The van der Waals surface area contributed by atoms with E-state index >= 15 is 0 Å². The molecule has 0 radical (unpaired) electrons. The Morgan fingerprint density at radius 2 is 2.06 bits per heavy atom. The van der Waals surface area contributed by atoms with Gasteiger partial charge in [-0.25, -0.2) is 8.78 Å². The standard InChI is InChI=1S/C12H9BrF2OS/c13-9-6-17-5-8(9)11(16)4-7-2-1-3-10(14)12(7)15/h1-3,5-6,11,16H,4H2. The van der Waals surface area contributed by atoms with E-state index in [4.69, 9.17) is 0 Å². The van der Waals surface area contributed by atoms with Gasteiger partial charge in [-0.05, 0) is 32.9 Å². The Kier molecular flexibility index (Phi) is 3.91. The smallest absolute Gasteiger partial charge is 0.162 e. The molecule has 17 heavy (non-hydrogen) atoms. The lowest BCUT2D eigenvalue weighted by Crippen LogP contribution is -2.04. The number of rotatable bonds is 3. The molecular weight excluding hydrogens is 310 g/mol. The maximum atomic E-state index is 13.4. The van der Waals surface area contributed by atoms with Gasteiger partial charge >= 0.3 is 0 Å². The van der Waals surface area contributed by atoms with Crippen LogP contribution in [0.4, 0.5) is 8.78 Å². The summed E-state index contributed by atoms with van der Waals surface area (Å²) >= 11 is 4.73. The first kappa shape index (κ1) is 12.7. The van der Waals surface area contributed by atoms with E-state index in [0.717, 1.165) is 10.5 Å². The molecule has 1 atom stereocenters. The predicted molar refractivity (Wildman–Crippen MR) is 67.0 cm³/mol. The minimum atomic E-state index is -0.891. The van der Waals surface area contributed by atoms with Gasteiger partial charge in [0.25, 0.3) is 0 Å². The molecule has 0 saturated heterocycles. The van der Waals surface area contributed by atoms with Gasteiger partial charge in [-0.1, -0.05) is 12.1 Å². The lowest BCUT2D eigenvalue weighted by molar-refractivity contribution is 0.176. The molecular formula is C12H9BrF2OS. The van der Waals surface area contributed by atoms with E-state index in [-0.39, 0.29) is 12.0 Å². The second kappa shape index (κ2) is 5.25. The average molecular weight is 319 g/mol. The SMILES string of the molecule is OC(Cc1cccc(F)c1F)c1cscc1Br. The molecule has 2 aromatic rings. The first-order valence-corrected chi connectivity index (χ1v) is 6.65. The van der Waals surface area contributed by atoms with Crippen LogP contribution in [-0.4, -0.2) is 5.11 Å². The van der Waals surface area contributed by atoms with Crippen LogP contribution in [0.1, 0.15) is 17.2 Å². The number of hydrogen-bond acceptors (Lipinski definition) is 2. The topological polar surface area (TPSA) is 20.2 Å². The quantitative estimate of drug-likeness (QED) is 0.904. The molecule has 1 heterocycles. The maximum absolute atomic E-state index is 13.4. The molecule has 1 unspecified atom stereocenters. The van der Waals surface area contributed by atoms with Crippen molar-refractivity contribution in [3.63, 3.8) is 0 Å². The van der Waals surface area contributed by atoms with Crippen molar-refractivity contribution >= 4 is 27.3 Å². The van der Waals surface area contributed by atoms with Crippen LogP contribution in [0.25, 0.3) is 0 Å². The molecule has 0 aliphatic carbocycles. The van der Waals surface area contributed by atoms with E-state index in [9.17, 15) is 13.9 Å². The molecule has 1 aromatic heterocycles. The Morgan fingerprint density at radius 3 is 2.71 bits per heavy atom. The van der Waals surface area contributed by atoms with Crippen molar-refractivity contribution in [2.45, 2.75) is 12.5 Å². The van der Waals surface area contributed by atoms with Gasteiger partial charge in [-0.15, -0.1) is 0 Å². The Balaban J connectivity index is 2.22. The van der Waals surface area contributed by atoms with Crippen molar-refractivity contribution in [2.75, 3.05) is 0 Å². The molecule has 0 saturated carbocycles. The van der Waals surface area contributed by atoms with Crippen molar-refractivity contribution in [1.82, 2.24) is 0 Å². The lowest BCUT2D eigenvalue weighted by Gasteiger charge is -2.11. The van der Waals surface area contributed by atoms with Crippen LogP contribution < -0.4 is 0 Å². The summed E-state index contributed by atoms with van der Waals surface area (Å²) in [5.74, 6) is -1.78. The summed E-state index contributed by atoms with van der Waals surface area (Å²) in [6, 6.07) is 3.97. The first-order chi connectivity index (χ1) is 8.09. The molecule has 0 aliphatic heterocycles. The molecule has 5 heteroatoms. The Bertz CT molecular complexity index is 527. The molecule has 1 nitrogen and oxygen atoms in total. The minimum Gasteiger partial charge on any atom is -0.388 e. The molecule has 0 bridgehead atoms. The molecule has 0 spiro atoms. The van der Waals surface area contributed by atoms with Gasteiger partial charge in [-0.2, -0.15) is 11.3 Å². The van der Waals surface area contributed by atoms with Gasteiger partial charge < -0.3 is 5.11 Å². The van der Waals surface area contributed by atoms with Gasteiger partial charge in [0.1, 0.15) is 0 Å². The number of benzene rings is 1. The fourth-order valence-corrected chi connectivity index (χ4v) is 3.16. The second-order valence-corrected chi connectivity index (χ2v) is 5.21. The summed E-state index contributed by atoms with van der Waals surface area (Å²) < 4.78 is 27.2. The minimum absolute atomic E-state index is 0.0545. The first-order valence-electron chi connectivity index (χ1n) is 4.92. The Morgan fingerprint density at radius 1 is 1.29 bits per heavy atom. The van der Waals surface area contributed by atoms with Crippen molar-refractivity contribution in [3.05, 3.63) is 56.2 Å². The number of hydrogen-bond donors (Lipinski definition) is 1. The Hall–Kier alpha value is -0.780. The van der Waals surface area contributed by atoms with Crippen molar-refractivity contribution < 1.29 is 13.9 Å². The van der Waals surface area contributed by atoms with Crippen molar-refractivity contribution in [3.8, 4) is 0 Å². The zero-order valence-corrected chi connectivity index (χ0v) is 11.1. The van der Waals surface area contributed by atoms with E-state index in [1.165, 1.54) is 23.5 Å². The van der Waals surface area contributed by atoms with E-state index < -0.39 is 17.7 Å². The fourth-order valence-electron chi connectivity index (χ4n) is 1.55. The van der Waals surface area contributed by atoms with Gasteiger partial charge in [-0.3, -0.25) is 0 Å². The summed E-state index contributed by atoms with van der Waals surface area (Å²) in [6.45, 7) is 0. The molecule has 0 aliphatic rings. The summed E-state index contributed by atoms with van der Waals surface area (Å²) in [5, 5.41) is 13.6. The summed E-state index contributed by atoms with van der Waals surface area (Å²) in [4.78, 5) is 0. The van der Waals surface area contributed by atoms with Gasteiger partial charge in [0.2, 0.25) is 0 Å². The van der Waals surface area contributed by atoms with Crippen LogP contribution in [0.5, 0.6) is 0 Å². The highest BCUT2D eigenvalue weighted by Gasteiger charge is 2.16. The van der Waals surface area contributed by atoms with E-state index in [0.29, 0.717) is 5.56 Å². The van der Waals surface area contributed by atoms with Crippen molar-refractivity contribution in [2.24, 2.45) is 0 Å². The maximum Gasteiger partial charge on any atom is 0.162 e. The van der Waals surface area contributed by atoms with Gasteiger partial charge in [0.15, 0.2) is 11.6 Å². The van der Waals surface area contributed by atoms with E-state index in [1.807, 2.05) is 5.38 Å². The second-order valence-electron chi connectivity index (χ2n) is 3.61. The monoisotopic (exact) mass is 318 g/mol. The molecule has 1 N–H and O–H groups in total. The normalized spacial score (nSPS) is 12.7. The average Bonchev–Trinajstić information content (AvgIpc) is 2.71. The van der Waals surface area contributed by atoms with E-state index in [2.05, 4.69) is 15.9 Å². The molecule has 2 rings (SSSR count). The summed E-state index contributed by atoms with van der Waals surface area (Å²) in [6.07, 6.45) is -0.786. The van der Waals surface area contributed by atoms with E-state index in [1.54, 1.807) is 5.38 Å². The zero-order chi connectivity index (χ0) is 12.4. The molecule has 0 fully saturated rings. The zero-order valence-electron chi connectivity index (χ0n) is 8.66. The Labute approximate surface area is 110 Å². The highest BCUT2D eigenvalue weighted by Crippen LogP contribution is 2.30. The number of aliphatic hydroxyl groups excluding tert-OH is 1. The van der Waals surface area contributed by atoms with Crippen LogP contribution in [0.2, 0.25) is 0 Å². The largest absolute Gasteiger partial charge is 0.388 e. The number of thiophene rings is 1. The van der Waals surface area contributed by atoms with Crippen LogP contribution in [0.15, 0.2) is 33.4 Å². The van der Waals surface area contributed by atoms with Crippen LogP contribution in [0, 0.1) is 11.6 Å². The highest BCUT2D eigenvalue weighted by molar-refractivity contribution is 9.10. The van der Waals surface area contributed by atoms with Crippen molar-refractivity contribution in [1.29, 1.82) is 0 Å². The third kappa shape index (κ3) is 2.73.